The molecule has 8 heteroatoms. The number of hydrogen-bond donors (Lipinski definition) is 4. The minimum atomic E-state index is -3.34. The Hall–Kier alpha value is -2.42. The van der Waals surface area contributed by atoms with Crippen LogP contribution in [0.5, 0.6) is 0 Å². The van der Waals surface area contributed by atoms with Crippen LogP contribution in [0.2, 0.25) is 0 Å². The number of rotatable bonds is 2. The van der Waals surface area contributed by atoms with Crippen molar-refractivity contribution in [1.82, 2.24) is 10.9 Å². The molecule has 0 saturated heterocycles. The molecule has 0 radical (unpaired) electrons. The van der Waals surface area contributed by atoms with Crippen LogP contribution >= 0.6 is 0 Å². The van der Waals surface area contributed by atoms with Crippen LogP contribution in [0.1, 0.15) is 0 Å². The van der Waals surface area contributed by atoms with Gasteiger partial charge in [-0.3, -0.25) is 10.9 Å². The van der Waals surface area contributed by atoms with Gasteiger partial charge in [0.1, 0.15) is 0 Å². The molecule has 7 nitrogen and oxygen atoms in total. The smallest absolute Gasteiger partial charge is 0.275 e. The largest absolute Gasteiger partial charge is 0.343 e. The summed E-state index contributed by atoms with van der Waals surface area (Å²) in [5.41, 5.74) is 3.48. The van der Waals surface area contributed by atoms with Gasteiger partial charge in [-0.25, -0.2) is 24.9 Å². The standard InChI is InChI=1S/C12H10O2S.CH6N4O/c13-15(14,11-7-3-1-4-8-11)12-9-5-2-6-10-12;2-4-1(6)5-3/h1-10H;2-3H2,(H2,4,5,6). The first kappa shape index (κ1) is 16.6. The molecule has 0 aliphatic rings. The predicted octanol–water partition coefficient (Wildman–Crippen LogP) is 0.552. The van der Waals surface area contributed by atoms with Crippen molar-refractivity contribution in [2.24, 2.45) is 11.7 Å². The molecule has 0 heterocycles. The highest BCUT2D eigenvalue weighted by molar-refractivity contribution is 7.91. The number of sulfone groups is 1. The van der Waals surface area contributed by atoms with E-state index >= 15 is 0 Å². The summed E-state index contributed by atoms with van der Waals surface area (Å²) in [6.07, 6.45) is 0. The second-order valence-corrected chi connectivity index (χ2v) is 5.70. The highest BCUT2D eigenvalue weighted by atomic mass is 32.2. The molecule has 0 spiro atoms. The predicted molar refractivity (Wildman–Crippen MR) is 78.4 cm³/mol. The molecule has 0 unspecified atom stereocenters. The fraction of sp³-hybridized carbons (Fsp3) is 0. The van der Waals surface area contributed by atoms with E-state index in [1.54, 1.807) is 71.5 Å². The van der Waals surface area contributed by atoms with Crippen LogP contribution in [-0.4, -0.2) is 14.4 Å². The van der Waals surface area contributed by atoms with Gasteiger partial charge in [-0.1, -0.05) is 36.4 Å². The zero-order valence-electron chi connectivity index (χ0n) is 11.1. The quantitative estimate of drug-likeness (QED) is 0.366. The molecule has 0 fully saturated rings. The number of hydrazine groups is 2. The molecular weight excluding hydrogens is 292 g/mol. The average molecular weight is 308 g/mol. The van der Waals surface area contributed by atoms with Crippen molar-refractivity contribution in [1.29, 1.82) is 0 Å². The Morgan fingerprint density at radius 3 is 1.33 bits per heavy atom. The van der Waals surface area contributed by atoms with Gasteiger partial charge in [0.25, 0.3) is 0 Å². The maximum Gasteiger partial charge on any atom is 0.343 e. The lowest BCUT2D eigenvalue weighted by atomic mass is 10.4. The molecule has 2 rings (SSSR count). The van der Waals surface area contributed by atoms with Crippen molar-refractivity contribution in [2.75, 3.05) is 0 Å². The minimum absolute atomic E-state index is 0.330. The van der Waals surface area contributed by atoms with E-state index in [9.17, 15) is 13.2 Å². The molecule has 0 aliphatic carbocycles. The summed E-state index contributed by atoms with van der Waals surface area (Å²) in [6, 6.07) is 16.3. The number of benzene rings is 2. The normalized spacial score (nSPS) is 10.0. The van der Waals surface area contributed by atoms with E-state index in [1.165, 1.54) is 0 Å². The van der Waals surface area contributed by atoms with Gasteiger partial charge in [-0.15, -0.1) is 0 Å². The molecule has 112 valence electrons. The molecule has 6 N–H and O–H groups in total. The van der Waals surface area contributed by atoms with Gasteiger partial charge in [0.2, 0.25) is 9.84 Å². The summed E-state index contributed by atoms with van der Waals surface area (Å²) in [4.78, 5) is 10.4. The third-order valence-corrected chi connectivity index (χ3v) is 4.15. The molecule has 0 bridgehead atoms. The Bertz CT molecular complexity index is 609. The third kappa shape index (κ3) is 4.88. The van der Waals surface area contributed by atoms with Gasteiger partial charge in [-0.2, -0.15) is 0 Å². The van der Waals surface area contributed by atoms with Crippen molar-refractivity contribution >= 4 is 15.9 Å². The van der Waals surface area contributed by atoms with Crippen LogP contribution in [0.4, 0.5) is 4.79 Å². The van der Waals surface area contributed by atoms with Crippen molar-refractivity contribution in [3.8, 4) is 0 Å². The summed E-state index contributed by atoms with van der Waals surface area (Å²) in [5.74, 6) is 9.08. The Kier molecular flexibility index (Phi) is 6.34. The molecule has 21 heavy (non-hydrogen) atoms. The molecule has 0 aromatic heterocycles. The van der Waals surface area contributed by atoms with Crippen LogP contribution in [0.25, 0.3) is 0 Å². The minimum Gasteiger partial charge on any atom is -0.275 e. The second-order valence-electron chi connectivity index (χ2n) is 3.75. The van der Waals surface area contributed by atoms with E-state index in [4.69, 9.17) is 0 Å². The second kappa shape index (κ2) is 8.00. The Labute approximate surface area is 122 Å². The number of hydrogen-bond acceptors (Lipinski definition) is 5. The zero-order chi connectivity index (χ0) is 15.7. The van der Waals surface area contributed by atoms with Crippen LogP contribution in [0.15, 0.2) is 70.5 Å². The van der Waals surface area contributed by atoms with Gasteiger partial charge in [-0.05, 0) is 24.3 Å². The molecule has 2 amide bonds. The van der Waals surface area contributed by atoms with Crippen molar-refractivity contribution < 1.29 is 13.2 Å². The van der Waals surface area contributed by atoms with Crippen molar-refractivity contribution in [3.63, 3.8) is 0 Å². The SMILES string of the molecule is NNC(=O)NN.O=S(=O)(c1ccccc1)c1ccccc1. The number of nitrogens with one attached hydrogen (secondary N) is 2. The zero-order valence-corrected chi connectivity index (χ0v) is 11.9. The van der Waals surface area contributed by atoms with E-state index < -0.39 is 15.9 Å². The van der Waals surface area contributed by atoms with Gasteiger partial charge in [0.05, 0.1) is 9.79 Å². The van der Waals surface area contributed by atoms with E-state index in [1.807, 2.05) is 0 Å². The first-order chi connectivity index (χ1) is 10.0. The number of urea groups is 1. The number of nitrogens with two attached hydrogens (primary N) is 2. The third-order valence-electron chi connectivity index (χ3n) is 2.37. The summed E-state index contributed by atoms with van der Waals surface area (Å²) < 4.78 is 24.1. The average Bonchev–Trinajstić information content (AvgIpc) is 2.56. The van der Waals surface area contributed by atoms with Gasteiger partial charge in [0.15, 0.2) is 0 Å². The Balaban J connectivity index is 0.000000315. The van der Waals surface area contributed by atoms with Gasteiger partial charge < -0.3 is 0 Å². The number of carbonyl (C=O) groups is 1. The first-order valence-corrected chi connectivity index (χ1v) is 7.33. The van der Waals surface area contributed by atoms with Crippen molar-refractivity contribution in [2.45, 2.75) is 9.79 Å². The topological polar surface area (TPSA) is 127 Å². The molecule has 0 atom stereocenters. The molecule has 2 aromatic rings. The Morgan fingerprint density at radius 1 is 0.762 bits per heavy atom. The number of carbonyl (C=O) groups excluding carboxylic acids is 1. The molecule has 0 aliphatic heterocycles. The van der Waals surface area contributed by atoms with Crippen molar-refractivity contribution in [3.05, 3.63) is 60.7 Å². The fourth-order valence-electron chi connectivity index (χ4n) is 1.38. The maximum atomic E-state index is 12.0. The molecule has 0 saturated carbocycles. The van der Waals surface area contributed by atoms with Crippen LogP contribution in [-0.2, 0) is 9.84 Å². The lowest BCUT2D eigenvalue weighted by molar-refractivity contribution is 0.241. The van der Waals surface area contributed by atoms with E-state index in [-0.39, 0.29) is 0 Å². The summed E-state index contributed by atoms with van der Waals surface area (Å²) in [5, 5.41) is 0. The monoisotopic (exact) mass is 308 g/mol. The van der Waals surface area contributed by atoms with Crippen LogP contribution in [0.3, 0.4) is 0 Å². The summed E-state index contributed by atoms with van der Waals surface area (Å²) in [6.45, 7) is 0. The lowest BCUT2D eigenvalue weighted by Gasteiger charge is -2.03. The summed E-state index contributed by atoms with van der Waals surface area (Å²) in [7, 11) is -3.34. The van der Waals surface area contributed by atoms with E-state index in [2.05, 4.69) is 11.7 Å². The lowest BCUT2D eigenvalue weighted by Crippen LogP contribution is -2.43. The molecular formula is C13H16N4O3S. The van der Waals surface area contributed by atoms with E-state index in [0.717, 1.165) is 0 Å². The van der Waals surface area contributed by atoms with Gasteiger partial charge >= 0.3 is 6.03 Å². The summed E-state index contributed by atoms with van der Waals surface area (Å²) >= 11 is 0. The number of amides is 2. The maximum absolute atomic E-state index is 12.0. The highest BCUT2D eigenvalue weighted by Gasteiger charge is 2.15. The first-order valence-electron chi connectivity index (χ1n) is 5.84. The van der Waals surface area contributed by atoms with Gasteiger partial charge in [0, 0.05) is 0 Å². The Morgan fingerprint density at radius 2 is 1.10 bits per heavy atom. The van der Waals surface area contributed by atoms with E-state index in [0.29, 0.717) is 9.79 Å². The van der Waals surface area contributed by atoms with Crippen LogP contribution < -0.4 is 22.5 Å². The van der Waals surface area contributed by atoms with Crippen LogP contribution in [0, 0.1) is 0 Å². The fourth-order valence-corrected chi connectivity index (χ4v) is 2.68. The highest BCUT2D eigenvalue weighted by Crippen LogP contribution is 2.19. The molecule has 2 aromatic carbocycles.